The van der Waals surface area contributed by atoms with Crippen LogP contribution in [-0.4, -0.2) is 17.1 Å². The summed E-state index contributed by atoms with van der Waals surface area (Å²) in [7, 11) is 0. The number of aromatic carboxylic acids is 1. The van der Waals surface area contributed by atoms with Gasteiger partial charge in [-0.1, -0.05) is 32.3 Å². The van der Waals surface area contributed by atoms with Gasteiger partial charge in [-0.2, -0.15) is 0 Å². The lowest BCUT2D eigenvalue weighted by Crippen LogP contribution is -2.33. The van der Waals surface area contributed by atoms with Crippen LogP contribution in [0.5, 0.6) is 0 Å². The average Bonchev–Trinajstić information content (AvgIpc) is 2.61. The highest BCUT2D eigenvalue weighted by Gasteiger charge is 2.19. The van der Waals surface area contributed by atoms with E-state index in [4.69, 9.17) is 5.11 Å². The normalized spacial score (nSPS) is 23.3. The molecule has 3 nitrogen and oxygen atoms in total. The summed E-state index contributed by atoms with van der Waals surface area (Å²) in [5.74, 6) is -1.24. The van der Waals surface area contributed by atoms with E-state index in [9.17, 15) is 9.18 Å². The highest BCUT2D eigenvalue weighted by molar-refractivity contribution is 5.87. The van der Waals surface area contributed by atoms with Crippen molar-refractivity contribution in [2.45, 2.75) is 51.6 Å². The summed E-state index contributed by atoms with van der Waals surface area (Å²) < 4.78 is 13.6. The van der Waals surface area contributed by atoms with Crippen LogP contribution in [0.3, 0.4) is 0 Å². The molecule has 1 aliphatic rings. The Balaban J connectivity index is 1.96. The Morgan fingerprint density at radius 3 is 2.80 bits per heavy atom. The van der Waals surface area contributed by atoms with Gasteiger partial charge < -0.3 is 10.4 Å². The first-order chi connectivity index (χ1) is 9.58. The molecule has 0 amide bonds. The fraction of sp³-hybridized carbons (Fsp3) is 0.562. The fourth-order valence-corrected chi connectivity index (χ4v) is 2.89. The number of carbonyl (C=O) groups is 1. The van der Waals surface area contributed by atoms with E-state index < -0.39 is 11.8 Å². The molecule has 0 aliphatic heterocycles. The molecule has 1 fully saturated rings. The third-order valence-corrected chi connectivity index (χ3v) is 4.19. The van der Waals surface area contributed by atoms with Crippen molar-refractivity contribution >= 4 is 5.97 Å². The van der Waals surface area contributed by atoms with Gasteiger partial charge >= 0.3 is 5.97 Å². The molecule has 20 heavy (non-hydrogen) atoms. The monoisotopic (exact) mass is 279 g/mol. The second-order valence-electron chi connectivity index (χ2n) is 5.72. The largest absolute Gasteiger partial charge is 0.478 e. The standard InChI is InChI=1S/C16H22FNO2/c1-11-5-3-2-4-6-15(11)18-10-12-7-8-13(16(19)20)14(17)9-12/h7-9,11,15,18H,2-6,10H2,1H3,(H,19,20). The van der Waals surface area contributed by atoms with Crippen LogP contribution in [0.1, 0.15) is 54.9 Å². The summed E-state index contributed by atoms with van der Waals surface area (Å²) in [6, 6.07) is 4.81. The van der Waals surface area contributed by atoms with E-state index in [0.717, 1.165) is 12.0 Å². The maximum Gasteiger partial charge on any atom is 0.338 e. The van der Waals surface area contributed by atoms with Crippen molar-refractivity contribution in [1.82, 2.24) is 5.32 Å². The highest BCUT2D eigenvalue weighted by Crippen LogP contribution is 2.23. The molecule has 0 radical (unpaired) electrons. The van der Waals surface area contributed by atoms with Crippen molar-refractivity contribution in [3.05, 3.63) is 35.1 Å². The van der Waals surface area contributed by atoms with Crippen LogP contribution in [0.15, 0.2) is 18.2 Å². The van der Waals surface area contributed by atoms with Crippen LogP contribution in [0.25, 0.3) is 0 Å². The summed E-state index contributed by atoms with van der Waals surface area (Å²) in [4.78, 5) is 10.8. The Kier molecular flexibility index (Phi) is 5.12. The number of carboxylic acids is 1. The molecule has 1 aromatic rings. The quantitative estimate of drug-likeness (QED) is 0.828. The minimum absolute atomic E-state index is 0.267. The van der Waals surface area contributed by atoms with Crippen molar-refractivity contribution in [3.8, 4) is 0 Å². The molecular formula is C16H22FNO2. The van der Waals surface area contributed by atoms with Gasteiger partial charge in [0.15, 0.2) is 0 Å². The number of hydrogen-bond donors (Lipinski definition) is 2. The average molecular weight is 279 g/mol. The van der Waals surface area contributed by atoms with Crippen molar-refractivity contribution in [2.75, 3.05) is 0 Å². The van der Waals surface area contributed by atoms with Gasteiger partial charge in [-0.3, -0.25) is 0 Å². The molecule has 0 bridgehead atoms. The zero-order chi connectivity index (χ0) is 14.5. The van der Waals surface area contributed by atoms with E-state index in [1.165, 1.54) is 37.8 Å². The molecule has 2 N–H and O–H groups in total. The van der Waals surface area contributed by atoms with Gasteiger partial charge in [-0.15, -0.1) is 0 Å². The summed E-state index contributed by atoms with van der Waals surface area (Å²) in [6.45, 7) is 2.85. The van der Waals surface area contributed by atoms with Gasteiger partial charge in [0.25, 0.3) is 0 Å². The molecule has 2 rings (SSSR count). The Hall–Kier alpha value is -1.42. The van der Waals surface area contributed by atoms with Crippen LogP contribution >= 0.6 is 0 Å². The van der Waals surface area contributed by atoms with Crippen molar-refractivity contribution < 1.29 is 14.3 Å². The first-order valence-corrected chi connectivity index (χ1v) is 7.33. The molecule has 0 aromatic heterocycles. The molecule has 1 aliphatic carbocycles. The minimum atomic E-state index is -1.22. The summed E-state index contributed by atoms with van der Waals surface area (Å²) >= 11 is 0. The second-order valence-corrected chi connectivity index (χ2v) is 5.72. The topological polar surface area (TPSA) is 49.3 Å². The van der Waals surface area contributed by atoms with Crippen LogP contribution in [0, 0.1) is 11.7 Å². The van der Waals surface area contributed by atoms with E-state index in [1.54, 1.807) is 6.07 Å². The predicted molar refractivity (Wildman–Crippen MR) is 76.2 cm³/mol. The minimum Gasteiger partial charge on any atom is -0.478 e. The molecular weight excluding hydrogens is 257 g/mol. The molecule has 0 saturated heterocycles. The van der Waals surface area contributed by atoms with Crippen LogP contribution < -0.4 is 5.32 Å². The zero-order valence-corrected chi connectivity index (χ0v) is 11.9. The van der Waals surface area contributed by atoms with Crippen molar-refractivity contribution in [3.63, 3.8) is 0 Å². The van der Waals surface area contributed by atoms with E-state index in [1.807, 2.05) is 0 Å². The first kappa shape index (κ1) is 15.0. The Bertz CT molecular complexity index is 476. The Labute approximate surface area is 119 Å². The van der Waals surface area contributed by atoms with Gasteiger partial charge in [0.1, 0.15) is 5.82 Å². The predicted octanol–water partition coefficient (Wildman–Crippen LogP) is 3.58. The van der Waals surface area contributed by atoms with Crippen molar-refractivity contribution in [1.29, 1.82) is 0 Å². The number of benzene rings is 1. The molecule has 110 valence electrons. The highest BCUT2D eigenvalue weighted by atomic mass is 19.1. The SMILES string of the molecule is CC1CCCCCC1NCc1ccc(C(=O)O)c(F)c1. The lowest BCUT2D eigenvalue weighted by Gasteiger charge is -2.23. The molecule has 0 heterocycles. The smallest absolute Gasteiger partial charge is 0.338 e. The van der Waals surface area contributed by atoms with Gasteiger partial charge in [0.2, 0.25) is 0 Å². The lowest BCUT2D eigenvalue weighted by molar-refractivity contribution is 0.0692. The van der Waals surface area contributed by atoms with E-state index in [0.29, 0.717) is 18.5 Å². The van der Waals surface area contributed by atoms with Crippen LogP contribution in [0.2, 0.25) is 0 Å². The summed E-state index contributed by atoms with van der Waals surface area (Å²) in [5, 5.41) is 12.3. The number of hydrogen-bond acceptors (Lipinski definition) is 2. The van der Waals surface area contributed by atoms with Gasteiger partial charge in [0.05, 0.1) is 5.56 Å². The number of carboxylic acid groups (broad SMARTS) is 1. The fourth-order valence-electron chi connectivity index (χ4n) is 2.89. The Morgan fingerprint density at radius 1 is 1.35 bits per heavy atom. The molecule has 4 heteroatoms. The number of halogens is 1. The number of nitrogens with one attached hydrogen (secondary N) is 1. The molecule has 2 unspecified atom stereocenters. The van der Waals surface area contributed by atoms with E-state index in [-0.39, 0.29) is 5.56 Å². The second kappa shape index (κ2) is 6.84. The van der Waals surface area contributed by atoms with E-state index in [2.05, 4.69) is 12.2 Å². The summed E-state index contributed by atoms with van der Waals surface area (Å²) in [5.41, 5.74) is 0.528. The van der Waals surface area contributed by atoms with E-state index >= 15 is 0 Å². The zero-order valence-electron chi connectivity index (χ0n) is 11.9. The number of rotatable bonds is 4. The van der Waals surface area contributed by atoms with Crippen LogP contribution in [0.4, 0.5) is 4.39 Å². The van der Waals surface area contributed by atoms with Gasteiger partial charge in [-0.05, 0) is 36.5 Å². The first-order valence-electron chi connectivity index (χ1n) is 7.33. The molecule has 2 atom stereocenters. The molecule has 0 spiro atoms. The Morgan fingerprint density at radius 2 is 2.10 bits per heavy atom. The van der Waals surface area contributed by atoms with Gasteiger partial charge in [-0.25, -0.2) is 9.18 Å². The molecule has 1 saturated carbocycles. The molecule has 1 aromatic carbocycles. The maximum absolute atomic E-state index is 13.6. The van der Waals surface area contributed by atoms with Crippen molar-refractivity contribution in [2.24, 2.45) is 5.92 Å². The third-order valence-electron chi connectivity index (χ3n) is 4.19. The summed E-state index contributed by atoms with van der Waals surface area (Å²) in [6.07, 6.45) is 6.24. The van der Waals surface area contributed by atoms with Crippen LogP contribution in [-0.2, 0) is 6.54 Å². The maximum atomic E-state index is 13.6. The van der Waals surface area contributed by atoms with Gasteiger partial charge in [0, 0.05) is 12.6 Å². The lowest BCUT2D eigenvalue weighted by atomic mass is 9.96. The third kappa shape index (κ3) is 3.79.